The summed E-state index contributed by atoms with van der Waals surface area (Å²) in [5, 5.41) is 15.0. The number of fused-ring (bicyclic) bond motifs is 1. The molecule has 3 aromatic rings. The van der Waals surface area contributed by atoms with E-state index in [0.717, 1.165) is 16.5 Å². The van der Waals surface area contributed by atoms with Crippen LogP contribution >= 0.6 is 11.6 Å². The van der Waals surface area contributed by atoms with Gasteiger partial charge in [-0.3, -0.25) is 4.68 Å². The Balaban J connectivity index is 2.08. The van der Waals surface area contributed by atoms with Gasteiger partial charge in [-0.2, -0.15) is 5.10 Å². The zero-order valence-electron chi connectivity index (χ0n) is 13.9. The molecule has 1 heterocycles. The van der Waals surface area contributed by atoms with Crippen molar-refractivity contribution in [3.8, 4) is 0 Å². The van der Waals surface area contributed by atoms with E-state index in [-0.39, 0.29) is 6.61 Å². The number of carbonyl (C=O) groups is 1. The maximum Gasteiger partial charge on any atom is 0.330 e. The molecule has 3 rings (SSSR count). The number of benzene rings is 2. The van der Waals surface area contributed by atoms with Crippen LogP contribution in [0.15, 0.2) is 42.5 Å². The van der Waals surface area contributed by atoms with Crippen LogP contribution in [0, 0.1) is 5.82 Å². The van der Waals surface area contributed by atoms with Crippen molar-refractivity contribution in [2.24, 2.45) is 0 Å². The van der Waals surface area contributed by atoms with E-state index in [0.29, 0.717) is 22.8 Å². The summed E-state index contributed by atoms with van der Waals surface area (Å²) in [5.74, 6) is -0.894. The number of nitrogens with zero attached hydrogens (tertiary/aromatic N) is 2. The lowest BCUT2D eigenvalue weighted by Gasteiger charge is -2.07. The van der Waals surface area contributed by atoms with Gasteiger partial charge in [0.1, 0.15) is 5.82 Å². The van der Waals surface area contributed by atoms with Crippen molar-refractivity contribution in [2.45, 2.75) is 13.2 Å². The number of hydrogen-bond donors (Lipinski definition) is 1. The molecule has 7 heteroatoms. The van der Waals surface area contributed by atoms with E-state index in [1.807, 2.05) is 12.1 Å². The Labute approximate surface area is 154 Å². The summed E-state index contributed by atoms with van der Waals surface area (Å²) in [6, 6.07) is 9.62. The molecule has 26 heavy (non-hydrogen) atoms. The number of hydrogen-bond acceptors (Lipinski definition) is 4. The van der Waals surface area contributed by atoms with Crippen LogP contribution in [-0.2, 0) is 22.7 Å². The zero-order valence-corrected chi connectivity index (χ0v) is 14.7. The molecule has 0 bridgehead atoms. The molecule has 0 aliphatic heterocycles. The number of carbonyl (C=O) groups excluding carboxylic acids is 1. The molecule has 0 saturated heterocycles. The molecule has 0 radical (unpaired) electrons. The van der Waals surface area contributed by atoms with E-state index >= 15 is 0 Å². The van der Waals surface area contributed by atoms with Crippen LogP contribution < -0.4 is 0 Å². The number of rotatable bonds is 5. The number of aliphatic hydroxyl groups excluding tert-OH is 1. The first-order chi connectivity index (χ1) is 12.5. The van der Waals surface area contributed by atoms with Gasteiger partial charge in [-0.1, -0.05) is 29.8 Å². The summed E-state index contributed by atoms with van der Waals surface area (Å²) >= 11 is 6.12. The molecule has 2 aromatic carbocycles. The van der Waals surface area contributed by atoms with Gasteiger partial charge in [-0.15, -0.1) is 0 Å². The second-order valence-electron chi connectivity index (χ2n) is 5.64. The second kappa shape index (κ2) is 7.68. The van der Waals surface area contributed by atoms with Crippen LogP contribution in [0.2, 0.25) is 5.02 Å². The van der Waals surface area contributed by atoms with Gasteiger partial charge in [-0.05, 0) is 35.4 Å². The standard InChI is InChI=1S/C19H16ClFN2O3/c1-26-19(25)7-6-17-15-5-2-12(11-24)8-18(15)23(22-17)10-13-3-4-14(21)9-16(13)20/h2-9,24H,10-11H2,1H3. The third-order valence-electron chi connectivity index (χ3n) is 3.94. The lowest BCUT2D eigenvalue weighted by molar-refractivity contribution is -0.134. The molecule has 0 fully saturated rings. The summed E-state index contributed by atoms with van der Waals surface area (Å²) in [6.07, 6.45) is 2.85. The SMILES string of the molecule is COC(=O)C=Cc1nn(Cc2ccc(F)cc2Cl)c2cc(CO)ccc12. The largest absolute Gasteiger partial charge is 0.466 e. The number of esters is 1. The van der Waals surface area contributed by atoms with Crippen LogP contribution in [0.5, 0.6) is 0 Å². The van der Waals surface area contributed by atoms with E-state index in [1.54, 1.807) is 22.9 Å². The maximum absolute atomic E-state index is 13.3. The van der Waals surface area contributed by atoms with Gasteiger partial charge in [0.25, 0.3) is 0 Å². The summed E-state index contributed by atoms with van der Waals surface area (Å²) in [4.78, 5) is 11.4. The fourth-order valence-electron chi connectivity index (χ4n) is 2.61. The van der Waals surface area contributed by atoms with Crippen molar-refractivity contribution in [1.29, 1.82) is 0 Å². The van der Waals surface area contributed by atoms with Gasteiger partial charge in [-0.25, -0.2) is 9.18 Å². The maximum atomic E-state index is 13.3. The van der Waals surface area contributed by atoms with Gasteiger partial charge >= 0.3 is 5.97 Å². The Hall–Kier alpha value is -2.70. The monoisotopic (exact) mass is 374 g/mol. The van der Waals surface area contributed by atoms with Crippen molar-refractivity contribution in [3.05, 3.63) is 70.1 Å². The smallest absolute Gasteiger partial charge is 0.330 e. The minimum atomic E-state index is -0.485. The summed E-state index contributed by atoms with van der Waals surface area (Å²) in [5.41, 5.74) is 2.78. The van der Waals surface area contributed by atoms with E-state index in [9.17, 15) is 14.3 Å². The molecule has 134 valence electrons. The lowest BCUT2D eigenvalue weighted by atomic mass is 10.1. The molecule has 0 atom stereocenters. The molecule has 0 amide bonds. The molecule has 1 aromatic heterocycles. The minimum Gasteiger partial charge on any atom is -0.466 e. The number of ether oxygens (including phenoxy) is 1. The molecule has 0 spiro atoms. The average Bonchev–Trinajstić information content (AvgIpc) is 2.98. The number of aliphatic hydroxyl groups is 1. The molecule has 0 unspecified atom stereocenters. The predicted octanol–water partition coefficient (Wildman–Crippen LogP) is 3.56. The fraction of sp³-hybridized carbons (Fsp3) is 0.158. The molecule has 0 saturated carbocycles. The fourth-order valence-corrected chi connectivity index (χ4v) is 2.84. The molecule has 1 N–H and O–H groups in total. The lowest BCUT2D eigenvalue weighted by Crippen LogP contribution is -2.03. The first kappa shape index (κ1) is 18.1. The summed E-state index contributed by atoms with van der Waals surface area (Å²) in [7, 11) is 1.30. The van der Waals surface area contributed by atoms with E-state index < -0.39 is 11.8 Å². The first-order valence-corrected chi connectivity index (χ1v) is 8.20. The van der Waals surface area contributed by atoms with Crippen molar-refractivity contribution in [1.82, 2.24) is 9.78 Å². The first-order valence-electron chi connectivity index (χ1n) is 7.82. The minimum absolute atomic E-state index is 0.105. The molecule has 5 nitrogen and oxygen atoms in total. The van der Waals surface area contributed by atoms with Crippen LogP contribution in [0.4, 0.5) is 4.39 Å². The van der Waals surface area contributed by atoms with E-state index in [1.165, 1.54) is 25.3 Å². The Kier molecular flexibility index (Phi) is 5.35. The van der Waals surface area contributed by atoms with Gasteiger partial charge < -0.3 is 9.84 Å². The Morgan fingerprint density at radius 2 is 2.15 bits per heavy atom. The van der Waals surface area contributed by atoms with Crippen molar-refractivity contribution in [2.75, 3.05) is 7.11 Å². The van der Waals surface area contributed by atoms with Gasteiger partial charge in [0.05, 0.1) is 31.5 Å². The highest BCUT2D eigenvalue weighted by Crippen LogP contribution is 2.25. The summed E-state index contributed by atoms with van der Waals surface area (Å²) < 4.78 is 19.6. The molecule has 0 aliphatic rings. The zero-order chi connectivity index (χ0) is 18.7. The predicted molar refractivity (Wildman–Crippen MR) is 97.2 cm³/mol. The topological polar surface area (TPSA) is 64.3 Å². The van der Waals surface area contributed by atoms with Gasteiger partial charge in [0.2, 0.25) is 0 Å². The second-order valence-corrected chi connectivity index (χ2v) is 6.05. The number of halogens is 2. The normalized spacial score (nSPS) is 11.4. The highest BCUT2D eigenvalue weighted by Gasteiger charge is 2.12. The van der Waals surface area contributed by atoms with Crippen LogP contribution in [0.3, 0.4) is 0 Å². The third kappa shape index (κ3) is 3.76. The van der Waals surface area contributed by atoms with Crippen molar-refractivity contribution < 1.29 is 19.0 Å². The van der Waals surface area contributed by atoms with Crippen LogP contribution in [0.25, 0.3) is 17.0 Å². The van der Waals surface area contributed by atoms with Crippen LogP contribution in [-0.4, -0.2) is 28.0 Å². The number of aromatic nitrogens is 2. The molecular weight excluding hydrogens is 359 g/mol. The van der Waals surface area contributed by atoms with Crippen molar-refractivity contribution >= 4 is 34.5 Å². The van der Waals surface area contributed by atoms with Crippen LogP contribution in [0.1, 0.15) is 16.8 Å². The summed E-state index contributed by atoms with van der Waals surface area (Å²) in [6.45, 7) is 0.211. The van der Waals surface area contributed by atoms with Gasteiger partial charge in [0.15, 0.2) is 0 Å². The quantitative estimate of drug-likeness (QED) is 0.548. The van der Waals surface area contributed by atoms with Crippen molar-refractivity contribution in [3.63, 3.8) is 0 Å². The Bertz CT molecular complexity index is 998. The Morgan fingerprint density at radius 1 is 1.35 bits per heavy atom. The highest BCUT2D eigenvalue weighted by atomic mass is 35.5. The third-order valence-corrected chi connectivity index (χ3v) is 4.29. The molecular formula is C19H16ClFN2O3. The van der Waals surface area contributed by atoms with Gasteiger partial charge in [0, 0.05) is 16.5 Å². The average molecular weight is 375 g/mol. The molecule has 0 aliphatic carbocycles. The highest BCUT2D eigenvalue weighted by molar-refractivity contribution is 6.31. The Morgan fingerprint density at radius 3 is 2.85 bits per heavy atom. The van der Waals surface area contributed by atoms with E-state index in [4.69, 9.17) is 11.6 Å². The van der Waals surface area contributed by atoms with E-state index in [2.05, 4.69) is 9.84 Å². The number of methoxy groups -OCH3 is 1.